The molecule has 0 bridgehead atoms. The lowest BCUT2D eigenvalue weighted by Crippen LogP contribution is -2.21. The third kappa shape index (κ3) is 5.64. The van der Waals surface area contributed by atoms with E-state index in [-0.39, 0.29) is 17.3 Å². The van der Waals surface area contributed by atoms with Crippen molar-refractivity contribution in [3.8, 4) is 0 Å². The summed E-state index contributed by atoms with van der Waals surface area (Å²) < 4.78 is 0.721. The fourth-order valence-corrected chi connectivity index (χ4v) is 4.59. The van der Waals surface area contributed by atoms with Gasteiger partial charge in [0.25, 0.3) is 5.69 Å². The minimum atomic E-state index is -0.457. The van der Waals surface area contributed by atoms with Crippen LogP contribution >= 0.6 is 23.1 Å². The average Bonchev–Trinajstić information content (AvgIpc) is 3.09. The number of benzene rings is 1. The molecule has 1 amide bonds. The SMILES string of the molecule is Cc1ccc(NC(=O)CSc2nnc(NC3CCCCC3)s2)cc1[N+](=O)[O-]. The maximum absolute atomic E-state index is 12.1. The highest BCUT2D eigenvalue weighted by Gasteiger charge is 2.16. The summed E-state index contributed by atoms with van der Waals surface area (Å²) in [7, 11) is 0. The van der Waals surface area contributed by atoms with Gasteiger partial charge in [0.1, 0.15) is 0 Å². The smallest absolute Gasteiger partial charge is 0.274 e. The monoisotopic (exact) mass is 407 g/mol. The largest absolute Gasteiger partial charge is 0.357 e. The van der Waals surface area contributed by atoms with Crippen molar-refractivity contribution in [2.75, 3.05) is 16.4 Å². The van der Waals surface area contributed by atoms with Gasteiger partial charge in [0, 0.05) is 23.4 Å². The highest BCUT2D eigenvalue weighted by molar-refractivity contribution is 8.01. The lowest BCUT2D eigenvalue weighted by atomic mass is 9.96. The van der Waals surface area contributed by atoms with Crippen LogP contribution in [-0.2, 0) is 4.79 Å². The first kappa shape index (κ1) is 19.6. The fraction of sp³-hybridized carbons (Fsp3) is 0.471. The van der Waals surface area contributed by atoms with E-state index in [9.17, 15) is 14.9 Å². The van der Waals surface area contributed by atoms with E-state index in [4.69, 9.17) is 0 Å². The van der Waals surface area contributed by atoms with Gasteiger partial charge in [-0.1, -0.05) is 48.4 Å². The number of thioether (sulfide) groups is 1. The van der Waals surface area contributed by atoms with Crippen molar-refractivity contribution < 1.29 is 9.72 Å². The van der Waals surface area contributed by atoms with Gasteiger partial charge in [-0.05, 0) is 25.8 Å². The zero-order valence-electron chi connectivity index (χ0n) is 14.9. The van der Waals surface area contributed by atoms with Crippen molar-refractivity contribution in [2.24, 2.45) is 0 Å². The molecular formula is C17H21N5O3S2. The Kier molecular flexibility index (Phi) is 6.62. The minimum absolute atomic E-state index is 0.0111. The van der Waals surface area contributed by atoms with Crippen LogP contribution in [0.3, 0.4) is 0 Å². The summed E-state index contributed by atoms with van der Waals surface area (Å²) in [6.45, 7) is 1.66. The van der Waals surface area contributed by atoms with Crippen LogP contribution in [0.2, 0.25) is 0 Å². The molecule has 0 spiro atoms. The van der Waals surface area contributed by atoms with Gasteiger partial charge < -0.3 is 10.6 Å². The molecule has 0 aliphatic heterocycles. The number of anilines is 2. The molecule has 1 aliphatic rings. The van der Waals surface area contributed by atoms with Gasteiger partial charge in [0.05, 0.1) is 10.7 Å². The second kappa shape index (κ2) is 9.14. The van der Waals surface area contributed by atoms with E-state index in [1.807, 2.05) is 0 Å². The molecule has 1 aromatic carbocycles. The topological polar surface area (TPSA) is 110 Å². The summed E-state index contributed by atoms with van der Waals surface area (Å²) >= 11 is 2.75. The molecule has 2 N–H and O–H groups in total. The van der Waals surface area contributed by atoms with Crippen LogP contribution in [0.25, 0.3) is 0 Å². The summed E-state index contributed by atoms with van der Waals surface area (Å²) in [5, 5.41) is 26.1. The van der Waals surface area contributed by atoms with Gasteiger partial charge in [-0.25, -0.2) is 0 Å². The molecule has 1 aromatic heterocycles. The van der Waals surface area contributed by atoms with E-state index in [0.29, 0.717) is 17.3 Å². The summed E-state index contributed by atoms with van der Waals surface area (Å²) in [6.07, 6.45) is 6.11. The predicted octanol–water partition coefficient (Wildman–Crippen LogP) is 4.23. The maximum atomic E-state index is 12.1. The number of hydrogen-bond acceptors (Lipinski definition) is 8. The molecule has 3 rings (SSSR count). The van der Waals surface area contributed by atoms with Gasteiger partial charge in [-0.3, -0.25) is 14.9 Å². The van der Waals surface area contributed by atoms with E-state index in [0.717, 1.165) is 22.3 Å². The van der Waals surface area contributed by atoms with Crippen molar-refractivity contribution in [1.29, 1.82) is 0 Å². The Balaban J connectivity index is 1.49. The molecule has 1 heterocycles. The number of hydrogen-bond donors (Lipinski definition) is 2. The molecule has 0 saturated heterocycles. The summed E-state index contributed by atoms with van der Waals surface area (Å²) in [5.41, 5.74) is 0.956. The molecule has 0 atom stereocenters. The predicted molar refractivity (Wildman–Crippen MR) is 108 cm³/mol. The number of nitro benzene ring substituents is 1. The summed E-state index contributed by atoms with van der Waals surface area (Å²) in [6, 6.07) is 5.11. The van der Waals surface area contributed by atoms with Crippen molar-refractivity contribution in [2.45, 2.75) is 49.4 Å². The van der Waals surface area contributed by atoms with E-state index in [2.05, 4.69) is 20.8 Å². The van der Waals surface area contributed by atoms with E-state index in [1.165, 1.54) is 48.4 Å². The van der Waals surface area contributed by atoms with Crippen molar-refractivity contribution in [1.82, 2.24) is 10.2 Å². The lowest BCUT2D eigenvalue weighted by molar-refractivity contribution is -0.385. The van der Waals surface area contributed by atoms with Crippen LogP contribution in [0.4, 0.5) is 16.5 Å². The number of nitrogens with one attached hydrogen (secondary N) is 2. The summed E-state index contributed by atoms with van der Waals surface area (Å²) in [5.74, 6) is -0.0742. The molecule has 144 valence electrons. The Hall–Kier alpha value is -2.20. The quantitative estimate of drug-likeness (QED) is 0.401. The molecule has 1 fully saturated rings. The number of aromatic nitrogens is 2. The first-order valence-corrected chi connectivity index (χ1v) is 10.6. The van der Waals surface area contributed by atoms with E-state index < -0.39 is 4.92 Å². The van der Waals surface area contributed by atoms with Gasteiger partial charge >= 0.3 is 0 Å². The molecule has 0 unspecified atom stereocenters. The molecule has 8 nitrogen and oxygen atoms in total. The Bertz CT molecular complexity index is 821. The molecular weight excluding hydrogens is 386 g/mol. The molecule has 1 aliphatic carbocycles. The number of nitro groups is 1. The molecule has 0 radical (unpaired) electrons. The van der Waals surface area contributed by atoms with Crippen LogP contribution in [0.1, 0.15) is 37.7 Å². The Morgan fingerprint density at radius 2 is 2.11 bits per heavy atom. The molecule has 10 heteroatoms. The minimum Gasteiger partial charge on any atom is -0.357 e. The zero-order chi connectivity index (χ0) is 19.2. The number of rotatable bonds is 7. The maximum Gasteiger partial charge on any atom is 0.274 e. The van der Waals surface area contributed by atoms with Crippen molar-refractivity contribution >= 4 is 45.5 Å². The first-order chi connectivity index (χ1) is 13.0. The van der Waals surface area contributed by atoms with Crippen LogP contribution in [0, 0.1) is 17.0 Å². The summed E-state index contributed by atoms with van der Waals surface area (Å²) in [4.78, 5) is 22.6. The Labute approximate surface area is 165 Å². The van der Waals surface area contributed by atoms with Crippen LogP contribution in [0.15, 0.2) is 22.5 Å². The average molecular weight is 408 g/mol. The zero-order valence-corrected chi connectivity index (χ0v) is 16.6. The van der Waals surface area contributed by atoms with Gasteiger partial charge in [0.2, 0.25) is 11.0 Å². The fourth-order valence-electron chi connectivity index (χ4n) is 2.96. The van der Waals surface area contributed by atoms with E-state index >= 15 is 0 Å². The van der Waals surface area contributed by atoms with Gasteiger partial charge in [-0.15, -0.1) is 10.2 Å². The highest BCUT2D eigenvalue weighted by Crippen LogP contribution is 2.28. The number of carbonyl (C=O) groups excluding carboxylic acids is 1. The Morgan fingerprint density at radius 3 is 2.85 bits per heavy atom. The second-order valence-electron chi connectivity index (χ2n) is 6.45. The first-order valence-electron chi connectivity index (χ1n) is 8.79. The van der Waals surface area contributed by atoms with Crippen LogP contribution in [0.5, 0.6) is 0 Å². The van der Waals surface area contributed by atoms with Crippen LogP contribution < -0.4 is 10.6 Å². The van der Waals surface area contributed by atoms with Gasteiger partial charge in [-0.2, -0.15) is 0 Å². The van der Waals surface area contributed by atoms with Gasteiger partial charge in [0.15, 0.2) is 4.34 Å². The number of aryl methyl sites for hydroxylation is 1. The standard InChI is InChI=1S/C17H21N5O3S2/c1-11-7-8-13(9-14(11)22(24)25)18-15(23)10-26-17-21-20-16(27-17)19-12-5-3-2-4-6-12/h7-9,12H,2-6,10H2,1H3,(H,18,23)(H,19,20). The molecule has 1 saturated carbocycles. The second-order valence-corrected chi connectivity index (χ2v) is 8.65. The molecule has 27 heavy (non-hydrogen) atoms. The van der Waals surface area contributed by atoms with Crippen molar-refractivity contribution in [3.63, 3.8) is 0 Å². The lowest BCUT2D eigenvalue weighted by Gasteiger charge is -2.21. The molecule has 2 aromatic rings. The third-order valence-corrected chi connectivity index (χ3v) is 6.34. The third-order valence-electron chi connectivity index (χ3n) is 4.36. The Morgan fingerprint density at radius 1 is 1.33 bits per heavy atom. The highest BCUT2D eigenvalue weighted by atomic mass is 32.2. The number of amides is 1. The normalized spacial score (nSPS) is 14.7. The van der Waals surface area contributed by atoms with Crippen LogP contribution in [-0.4, -0.2) is 32.8 Å². The van der Waals surface area contributed by atoms with E-state index in [1.54, 1.807) is 19.1 Å². The van der Waals surface area contributed by atoms with Crippen molar-refractivity contribution in [3.05, 3.63) is 33.9 Å². The number of carbonyl (C=O) groups is 1. The number of nitrogens with zero attached hydrogens (tertiary/aromatic N) is 3.